The van der Waals surface area contributed by atoms with Gasteiger partial charge in [0.25, 0.3) is 11.8 Å². The Morgan fingerprint density at radius 2 is 1.89 bits per heavy atom. The molecule has 0 unspecified atom stereocenters. The Hall–Kier alpha value is -4.14. The van der Waals surface area contributed by atoms with Crippen LogP contribution in [0.15, 0.2) is 42.5 Å². The molecule has 0 aliphatic heterocycles. The molecule has 2 heterocycles. The number of rotatable bonds is 8. The number of anilines is 1. The number of hydrogen-bond donors (Lipinski definition) is 1. The van der Waals surface area contributed by atoms with E-state index in [1.54, 1.807) is 42.3 Å². The molecule has 0 atom stereocenters. The van der Waals surface area contributed by atoms with Gasteiger partial charge in [0.15, 0.2) is 0 Å². The number of ether oxygens (including phenoxy) is 1. The Kier molecular flexibility index (Phi) is 7.10. The standard InChI is InChI=1S/C27H32N6O3/c1-7-24-28-21-15-19(27(35)31(4)12-13-33-18(3)14-17(2)30-33)16-22(25(21)32(24)5)29-26(34)20-10-8-9-11-23(20)36-6/h8-11,14-16H,7,12-13H2,1-6H3,(H,29,34). The fraction of sp³-hybridized carbons (Fsp3) is 0.333. The minimum Gasteiger partial charge on any atom is -0.496 e. The maximum absolute atomic E-state index is 13.4. The van der Waals surface area contributed by atoms with Gasteiger partial charge in [-0.2, -0.15) is 5.10 Å². The molecule has 0 aliphatic rings. The number of aromatic nitrogens is 4. The number of carbonyl (C=O) groups excluding carboxylic acids is 2. The topological polar surface area (TPSA) is 94.3 Å². The van der Waals surface area contributed by atoms with Gasteiger partial charge < -0.3 is 19.5 Å². The molecule has 36 heavy (non-hydrogen) atoms. The molecule has 0 saturated heterocycles. The van der Waals surface area contributed by atoms with Crippen molar-refractivity contribution in [1.82, 2.24) is 24.2 Å². The van der Waals surface area contributed by atoms with Crippen molar-refractivity contribution in [2.75, 3.05) is 26.0 Å². The van der Waals surface area contributed by atoms with Crippen LogP contribution >= 0.6 is 0 Å². The molecular formula is C27H32N6O3. The van der Waals surface area contributed by atoms with Crippen LogP contribution in [0.3, 0.4) is 0 Å². The number of imidazole rings is 1. The van der Waals surface area contributed by atoms with E-state index < -0.39 is 0 Å². The average molecular weight is 489 g/mol. The predicted molar refractivity (Wildman–Crippen MR) is 140 cm³/mol. The zero-order valence-corrected chi connectivity index (χ0v) is 21.6. The number of nitrogens with one attached hydrogen (secondary N) is 1. The van der Waals surface area contributed by atoms with Crippen LogP contribution in [0.1, 0.15) is 44.9 Å². The lowest BCUT2D eigenvalue weighted by molar-refractivity contribution is 0.0788. The van der Waals surface area contributed by atoms with Crippen molar-refractivity contribution in [3.05, 3.63) is 70.8 Å². The third-order valence-corrected chi connectivity index (χ3v) is 6.32. The van der Waals surface area contributed by atoms with Crippen molar-refractivity contribution in [3.8, 4) is 5.75 Å². The number of nitrogens with zero attached hydrogens (tertiary/aromatic N) is 5. The van der Waals surface area contributed by atoms with E-state index >= 15 is 0 Å². The van der Waals surface area contributed by atoms with Gasteiger partial charge in [0.05, 0.1) is 41.6 Å². The summed E-state index contributed by atoms with van der Waals surface area (Å²) in [5.41, 5.74) is 4.80. The Morgan fingerprint density at radius 1 is 1.14 bits per heavy atom. The Labute approximate surface area is 210 Å². The number of carbonyl (C=O) groups is 2. The SMILES string of the molecule is CCc1nc2cc(C(=O)N(C)CCn3nc(C)cc3C)cc(NC(=O)c3ccccc3OC)c2n1C. The first-order valence-electron chi connectivity index (χ1n) is 11.9. The van der Waals surface area contributed by atoms with E-state index in [9.17, 15) is 9.59 Å². The van der Waals surface area contributed by atoms with Gasteiger partial charge >= 0.3 is 0 Å². The van der Waals surface area contributed by atoms with Gasteiger partial charge in [-0.05, 0) is 44.2 Å². The van der Waals surface area contributed by atoms with E-state index in [4.69, 9.17) is 9.72 Å². The predicted octanol–water partition coefficient (Wildman–Crippen LogP) is 3.98. The van der Waals surface area contributed by atoms with Crippen LogP contribution in [0.5, 0.6) is 5.75 Å². The van der Waals surface area contributed by atoms with Crippen molar-refractivity contribution in [3.63, 3.8) is 0 Å². The van der Waals surface area contributed by atoms with E-state index in [1.807, 2.05) is 49.2 Å². The summed E-state index contributed by atoms with van der Waals surface area (Å²) in [6.07, 6.45) is 0.719. The van der Waals surface area contributed by atoms with Gasteiger partial charge in [0, 0.05) is 38.3 Å². The average Bonchev–Trinajstić information content (AvgIpc) is 3.38. The molecule has 0 bridgehead atoms. The number of para-hydroxylation sites is 1. The monoisotopic (exact) mass is 488 g/mol. The fourth-order valence-corrected chi connectivity index (χ4v) is 4.42. The highest BCUT2D eigenvalue weighted by molar-refractivity contribution is 6.11. The molecule has 2 amide bonds. The number of hydrogen-bond acceptors (Lipinski definition) is 5. The molecule has 9 nitrogen and oxygen atoms in total. The van der Waals surface area contributed by atoms with Gasteiger partial charge in [-0.25, -0.2) is 4.98 Å². The van der Waals surface area contributed by atoms with Gasteiger partial charge in [-0.3, -0.25) is 14.3 Å². The molecule has 2 aromatic heterocycles. The van der Waals surface area contributed by atoms with Crippen molar-refractivity contribution in [2.45, 2.75) is 33.7 Å². The minimum atomic E-state index is -0.324. The van der Waals surface area contributed by atoms with Crippen molar-refractivity contribution in [1.29, 1.82) is 0 Å². The summed E-state index contributed by atoms with van der Waals surface area (Å²) in [6.45, 7) is 7.05. The summed E-state index contributed by atoms with van der Waals surface area (Å²) >= 11 is 0. The molecule has 4 rings (SSSR count). The van der Waals surface area contributed by atoms with Crippen molar-refractivity contribution >= 4 is 28.5 Å². The zero-order chi connectivity index (χ0) is 26.0. The van der Waals surface area contributed by atoms with Gasteiger partial charge in [-0.1, -0.05) is 19.1 Å². The summed E-state index contributed by atoms with van der Waals surface area (Å²) < 4.78 is 9.21. The Morgan fingerprint density at radius 3 is 2.56 bits per heavy atom. The highest BCUT2D eigenvalue weighted by Gasteiger charge is 2.21. The quantitative estimate of drug-likeness (QED) is 0.405. The molecule has 9 heteroatoms. The molecular weight excluding hydrogens is 456 g/mol. The largest absolute Gasteiger partial charge is 0.496 e. The lowest BCUT2D eigenvalue weighted by atomic mass is 10.1. The van der Waals surface area contributed by atoms with Gasteiger partial charge in [0.1, 0.15) is 11.6 Å². The lowest BCUT2D eigenvalue weighted by Crippen LogP contribution is -2.30. The molecule has 0 aliphatic carbocycles. The Balaban J connectivity index is 1.67. The number of likely N-dealkylation sites (N-methyl/N-ethyl adjacent to an activating group) is 1. The van der Waals surface area contributed by atoms with Gasteiger partial charge in [-0.15, -0.1) is 0 Å². The van der Waals surface area contributed by atoms with Gasteiger partial charge in [0.2, 0.25) is 0 Å². The summed E-state index contributed by atoms with van der Waals surface area (Å²) in [6, 6.07) is 12.6. The summed E-state index contributed by atoms with van der Waals surface area (Å²) in [7, 11) is 5.20. The molecule has 0 fully saturated rings. The second-order valence-electron chi connectivity index (χ2n) is 8.86. The molecule has 4 aromatic rings. The van der Waals surface area contributed by atoms with Crippen LogP contribution in [-0.2, 0) is 20.0 Å². The van der Waals surface area contributed by atoms with E-state index in [2.05, 4.69) is 10.4 Å². The normalized spacial score (nSPS) is 11.1. The number of methoxy groups -OCH3 is 1. The van der Waals surface area contributed by atoms with Crippen LogP contribution in [0.4, 0.5) is 5.69 Å². The van der Waals surface area contributed by atoms with Crippen LogP contribution in [0.25, 0.3) is 11.0 Å². The molecule has 0 radical (unpaired) electrons. The molecule has 188 valence electrons. The summed E-state index contributed by atoms with van der Waals surface area (Å²) in [5.74, 6) is 0.854. The first kappa shape index (κ1) is 25.0. The van der Waals surface area contributed by atoms with Crippen LogP contribution < -0.4 is 10.1 Å². The van der Waals surface area contributed by atoms with E-state index in [0.29, 0.717) is 41.2 Å². The third-order valence-electron chi connectivity index (χ3n) is 6.32. The summed E-state index contributed by atoms with van der Waals surface area (Å²) in [4.78, 5) is 33.0. The second-order valence-corrected chi connectivity index (χ2v) is 8.86. The van der Waals surface area contributed by atoms with Crippen molar-refractivity contribution in [2.24, 2.45) is 7.05 Å². The number of fused-ring (bicyclic) bond motifs is 1. The highest BCUT2D eigenvalue weighted by Crippen LogP contribution is 2.28. The van der Waals surface area contributed by atoms with Crippen LogP contribution in [0, 0.1) is 13.8 Å². The number of benzene rings is 2. The molecule has 1 N–H and O–H groups in total. The van der Waals surface area contributed by atoms with Crippen molar-refractivity contribution < 1.29 is 14.3 Å². The molecule has 2 aromatic carbocycles. The first-order valence-corrected chi connectivity index (χ1v) is 11.9. The van der Waals surface area contributed by atoms with Crippen LogP contribution in [-0.4, -0.2) is 56.7 Å². The first-order chi connectivity index (χ1) is 17.2. The number of amides is 2. The molecule has 0 saturated carbocycles. The van der Waals surface area contributed by atoms with E-state index in [0.717, 1.165) is 29.1 Å². The van der Waals surface area contributed by atoms with E-state index in [1.165, 1.54) is 7.11 Å². The Bertz CT molecular complexity index is 1440. The van der Waals surface area contributed by atoms with Crippen LogP contribution in [0.2, 0.25) is 0 Å². The second kappa shape index (κ2) is 10.2. The van der Waals surface area contributed by atoms with E-state index in [-0.39, 0.29) is 11.8 Å². The highest BCUT2D eigenvalue weighted by atomic mass is 16.5. The third kappa shape index (κ3) is 4.82. The molecule has 0 spiro atoms. The summed E-state index contributed by atoms with van der Waals surface area (Å²) in [5, 5.41) is 7.47. The smallest absolute Gasteiger partial charge is 0.259 e. The zero-order valence-electron chi connectivity index (χ0n) is 21.6. The lowest BCUT2D eigenvalue weighted by Gasteiger charge is -2.19. The maximum Gasteiger partial charge on any atom is 0.259 e. The fourth-order valence-electron chi connectivity index (χ4n) is 4.42. The minimum absolute atomic E-state index is 0.157. The number of aryl methyl sites for hydroxylation is 4. The maximum atomic E-state index is 13.4.